The van der Waals surface area contributed by atoms with Crippen LogP contribution in [0.15, 0.2) is 54.2 Å². The number of methoxy groups -OCH3 is 1. The van der Waals surface area contributed by atoms with E-state index in [1.165, 1.54) is 11.1 Å². The summed E-state index contributed by atoms with van der Waals surface area (Å²) in [5.74, 6) is 1.31. The first-order valence-corrected chi connectivity index (χ1v) is 9.56. The van der Waals surface area contributed by atoms with Gasteiger partial charge >= 0.3 is 0 Å². The number of rotatable bonds is 2. The van der Waals surface area contributed by atoms with Crippen molar-refractivity contribution < 1.29 is 9.53 Å². The molecule has 138 valence electrons. The van der Waals surface area contributed by atoms with E-state index in [-0.39, 0.29) is 23.4 Å². The topological polar surface area (TPSA) is 32.8 Å². The van der Waals surface area contributed by atoms with Gasteiger partial charge in [0.1, 0.15) is 5.75 Å². The maximum atomic E-state index is 13.0. The number of hydrazine groups is 1. The first kappa shape index (κ1) is 16.6. The molecule has 2 unspecified atom stereocenters. The van der Waals surface area contributed by atoms with Gasteiger partial charge in [-0.05, 0) is 43.5 Å². The van der Waals surface area contributed by atoms with E-state index >= 15 is 0 Å². The van der Waals surface area contributed by atoms with Gasteiger partial charge in [-0.3, -0.25) is 4.79 Å². The first-order chi connectivity index (χ1) is 13.0. The summed E-state index contributed by atoms with van der Waals surface area (Å²) in [5.41, 5.74) is 4.68. The zero-order valence-corrected chi connectivity index (χ0v) is 16.0. The predicted octanol–water partition coefficient (Wildman–Crippen LogP) is 4.19. The van der Waals surface area contributed by atoms with Crippen molar-refractivity contribution in [2.45, 2.75) is 38.3 Å². The molecule has 0 spiro atoms. The maximum Gasteiger partial charge on any atom is 0.243 e. The second kappa shape index (κ2) is 5.70. The Bertz CT molecular complexity index is 962. The molecule has 3 aliphatic rings. The predicted molar refractivity (Wildman–Crippen MR) is 105 cm³/mol. The van der Waals surface area contributed by atoms with Gasteiger partial charge in [-0.2, -0.15) is 5.01 Å². The van der Waals surface area contributed by atoms with E-state index in [9.17, 15) is 4.79 Å². The van der Waals surface area contributed by atoms with Crippen molar-refractivity contribution in [3.05, 3.63) is 70.9 Å². The number of carbonyl (C=O) groups excluding carboxylic acids is 1. The minimum atomic E-state index is -0.187. The number of carbonyl (C=O) groups is 1. The molecular weight excluding hydrogens is 336 g/mol. The highest BCUT2D eigenvalue weighted by Crippen LogP contribution is 2.57. The van der Waals surface area contributed by atoms with Crippen LogP contribution in [0.4, 0.5) is 0 Å². The number of hydrogen-bond donors (Lipinski definition) is 0. The Kier molecular flexibility index (Phi) is 3.50. The summed E-state index contributed by atoms with van der Waals surface area (Å²) in [6, 6.07) is 16.9. The Balaban J connectivity index is 1.69. The molecule has 2 fully saturated rings. The molecule has 0 saturated carbocycles. The summed E-state index contributed by atoms with van der Waals surface area (Å²) in [7, 11) is 1.69. The third kappa shape index (κ3) is 2.29. The fourth-order valence-electron chi connectivity index (χ4n) is 5.10. The van der Waals surface area contributed by atoms with Gasteiger partial charge in [0.05, 0.1) is 13.2 Å². The van der Waals surface area contributed by atoms with Gasteiger partial charge in [0.2, 0.25) is 5.91 Å². The summed E-state index contributed by atoms with van der Waals surface area (Å²) in [6.07, 6.45) is 3.67. The molecular formula is C23H24N2O2. The van der Waals surface area contributed by atoms with Crippen molar-refractivity contribution in [2.24, 2.45) is 5.92 Å². The molecule has 0 N–H and O–H groups in total. The Labute approximate surface area is 160 Å². The molecule has 2 aromatic rings. The zero-order chi connectivity index (χ0) is 18.8. The van der Waals surface area contributed by atoms with E-state index in [1.807, 2.05) is 23.2 Å². The van der Waals surface area contributed by atoms with Gasteiger partial charge in [-0.1, -0.05) is 42.5 Å². The number of nitrogens with zero attached hydrogens (tertiary/aromatic N) is 2. The second-order valence-electron chi connectivity index (χ2n) is 8.30. The Morgan fingerprint density at radius 2 is 1.85 bits per heavy atom. The first-order valence-electron chi connectivity index (χ1n) is 9.56. The van der Waals surface area contributed by atoms with Gasteiger partial charge in [0.15, 0.2) is 0 Å². The summed E-state index contributed by atoms with van der Waals surface area (Å²) in [6.45, 7) is 4.35. The highest BCUT2D eigenvalue weighted by molar-refractivity contribution is 5.84. The lowest BCUT2D eigenvalue weighted by Crippen LogP contribution is -2.43. The average molecular weight is 360 g/mol. The Hall–Kier alpha value is -2.59. The molecule has 0 bridgehead atoms. The standard InChI is InChI=1S/C23H24N2O2/c1-23(2)14-21(26)24-19(13-16-9-5-7-11-20(16)27-3)18-12-15-8-4-6-10-17(15)22(18)25(23)24/h4-11,13,18,22H,12,14H2,1-3H3/b19-13+. The SMILES string of the molecule is COc1ccccc1/C=C1\C2Cc3ccccc3C2N2N1C(=O)CC2(C)C. The quantitative estimate of drug-likeness (QED) is 0.805. The summed E-state index contributed by atoms with van der Waals surface area (Å²) in [4.78, 5) is 13.0. The third-order valence-corrected chi connectivity index (χ3v) is 6.18. The van der Waals surface area contributed by atoms with Gasteiger partial charge in [-0.25, -0.2) is 5.01 Å². The number of benzene rings is 2. The van der Waals surface area contributed by atoms with Crippen LogP contribution in [0.1, 0.15) is 43.0 Å². The van der Waals surface area contributed by atoms with E-state index in [2.05, 4.69) is 55.3 Å². The zero-order valence-electron chi connectivity index (χ0n) is 16.0. The van der Waals surface area contributed by atoms with Crippen LogP contribution in [0.2, 0.25) is 0 Å². The van der Waals surface area contributed by atoms with Crippen molar-refractivity contribution >= 4 is 12.0 Å². The van der Waals surface area contributed by atoms with Crippen molar-refractivity contribution in [2.75, 3.05) is 7.11 Å². The lowest BCUT2D eigenvalue weighted by Gasteiger charge is -2.35. The second-order valence-corrected chi connectivity index (χ2v) is 8.30. The van der Waals surface area contributed by atoms with Gasteiger partial charge in [-0.15, -0.1) is 0 Å². The van der Waals surface area contributed by atoms with E-state index in [0.717, 1.165) is 23.4 Å². The Morgan fingerprint density at radius 3 is 2.67 bits per heavy atom. The summed E-state index contributed by atoms with van der Waals surface area (Å²) in [5, 5.41) is 4.28. The van der Waals surface area contributed by atoms with Gasteiger partial charge < -0.3 is 4.74 Å². The number of fused-ring (bicyclic) bond motifs is 5. The third-order valence-electron chi connectivity index (χ3n) is 6.18. The molecule has 0 aromatic heterocycles. The Morgan fingerprint density at radius 1 is 1.11 bits per heavy atom. The molecule has 4 nitrogen and oxygen atoms in total. The van der Waals surface area contributed by atoms with Crippen LogP contribution < -0.4 is 4.74 Å². The van der Waals surface area contributed by atoms with Crippen molar-refractivity contribution in [3.63, 3.8) is 0 Å². The molecule has 0 radical (unpaired) electrons. The van der Waals surface area contributed by atoms with Crippen LogP contribution >= 0.6 is 0 Å². The normalized spacial score (nSPS) is 27.0. The molecule has 1 aliphatic carbocycles. The van der Waals surface area contributed by atoms with Crippen LogP contribution in [0.25, 0.3) is 6.08 Å². The molecule has 2 aromatic carbocycles. The number of para-hydroxylation sites is 1. The largest absolute Gasteiger partial charge is 0.496 e. The molecule has 5 rings (SSSR count). The fraction of sp³-hybridized carbons (Fsp3) is 0.348. The van der Waals surface area contributed by atoms with Crippen molar-refractivity contribution in [1.82, 2.24) is 10.0 Å². The van der Waals surface area contributed by atoms with Crippen molar-refractivity contribution in [1.29, 1.82) is 0 Å². The van der Waals surface area contributed by atoms with E-state index in [1.54, 1.807) is 7.11 Å². The van der Waals surface area contributed by atoms with Crippen molar-refractivity contribution in [3.8, 4) is 5.75 Å². The van der Waals surface area contributed by atoms with Gasteiger partial charge in [0.25, 0.3) is 0 Å². The fourth-order valence-corrected chi connectivity index (χ4v) is 5.10. The summed E-state index contributed by atoms with van der Waals surface area (Å²) >= 11 is 0. The number of hydrogen-bond acceptors (Lipinski definition) is 3. The lowest BCUT2D eigenvalue weighted by atomic mass is 9.92. The van der Waals surface area contributed by atoms with Crippen LogP contribution in [-0.2, 0) is 11.2 Å². The van der Waals surface area contributed by atoms with Crippen LogP contribution in [0.3, 0.4) is 0 Å². The molecule has 2 aliphatic heterocycles. The highest BCUT2D eigenvalue weighted by Gasteiger charge is 2.59. The monoisotopic (exact) mass is 360 g/mol. The minimum Gasteiger partial charge on any atom is -0.496 e. The molecule has 2 atom stereocenters. The molecule has 4 heteroatoms. The van der Waals surface area contributed by atoms with Crippen LogP contribution in [-0.4, -0.2) is 28.6 Å². The van der Waals surface area contributed by atoms with Gasteiger partial charge in [0, 0.05) is 29.1 Å². The molecule has 1 amide bonds. The van der Waals surface area contributed by atoms with E-state index < -0.39 is 0 Å². The maximum absolute atomic E-state index is 13.0. The summed E-state index contributed by atoms with van der Waals surface area (Å²) < 4.78 is 5.55. The van der Waals surface area contributed by atoms with Crippen LogP contribution in [0.5, 0.6) is 5.75 Å². The average Bonchev–Trinajstić information content (AvgIpc) is 3.24. The van der Waals surface area contributed by atoms with E-state index in [4.69, 9.17) is 4.74 Å². The van der Waals surface area contributed by atoms with E-state index in [0.29, 0.717) is 6.42 Å². The number of amides is 1. The van der Waals surface area contributed by atoms with Crippen LogP contribution in [0, 0.1) is 5.92 Å². The highest BCUT2D eigenvalue weighted by atomic mass is 16.5. The number of ether oxygens (including phenoxy) is 1. The smallest absolute Gasteiger partial charge is 0.243 e. The minimum absolute atomic E-state index is 0.187. The molecule has 2 saturated heterocycles. The molecule has 27 heavy (non-hydrogen) atoms. The lowest BCUT2D eigenvalue weighted by molar-refractivity contribution is -0.134. The molecule has 2 heterocycles.